The van der Waals surface area contributed by atoms with Gasteiger partial charge in [-0.1, -0.05) is 0 Å². The Labute approximate surface area is 145 Å². The molecule has 0 aromatic rings. The summed E-state index contributed by atoms with van der Waals surface area (Å²) in [5.41, 5.74) is 0. The molecule has 1 amide bonds. The van der Waals surface area contributed by atoms with Crippen LogP contribution in [0, 0.1) is 5.92 Å². The predicted molar refractivity (Wildman–Crippen MR) is 92.7 cm³/mol. The molecular formula is C16H30N4O3S. The van der Waals surface area contributed by atoms with Crippen molar-refractivity contribution in [1.82, 2.24) is 18.4 Å². The summed E-state index contributed by atoms with van der Waals surface area (Å²) in [6.07, 6.45) is 5.13. The van der Waals surface area contributed by atoms with Crippen LogP contribution in [0.4, 0.5) is 0 Å². The molecule has 1 saturated carbocycles. The average Bonchev–Trinajstić information content (AvgIpc) is 3.05. The highest BCUT2D eigenvalue weighted by Crippen LogP contribution is 2.33. The van der Waals surface area contributed by atoms with E-state index in [1.54, 1.807) is 18.4 Å². The number of carbonyl (C=O) groups excluding carboxylic acids is 1. The fraction of sp³-hybridized carbons (Fsp3) is 0.938. The van der Waals surface area contributed by atoms with E-state index in [0.29, 0.717) is 19.6 Å². The molecule has 8 heteroatoms. The van der Waals surface area contributed by atoms with Crippen LogP contribution >= 0.6 is 0 Å². The first-order valence-corrected chi connectivity index (χ1v) is 10.5. The normalized spacial score (nSPS) is 26.0. The summed E-state index contributed by atoms with van der Waals surface area (Å²) in [5, 5.41) is 0. The van der Waals surface area contributed by atoms with Crippen molar-refractivity contribution in [3.8, 4) is 0 Å². The highest BCUT2D eigenvalue weighted by atomic mass is 32.2. The van der Waals surface area contributed by atoms with E-state index in [1.165, 1.54) is 17.1 Å². The van der Waals surface area contributed by atoms with E-state index in [9.17, 15) is 13.2 Å². The first-order valence-electron chi connectivity index (χ1n) is 9.10. The smallest absolute Gasteiger partial charge is 0.281 e. The van der Waals surface area contributed by atoms with E-state index in [0.717, 1.165) is 38.9 Å². The first kappa shape index (κ1) is 18.1. The zero-order valence-electron chi connectivity index (χ0n) is 14.9. The van der Waals surface area contributed by atoms with Crippen molar-refractivity contribution < 1.29 is 13.2 Å². The number of nitrogens with zero attached hydrogens (tertiary/aromatic N) is 4. The molecule has 0 radical (unpaired) electrons. The number of hydrogen-bond donors (Lipinski definition) is 0. The Balaban J connectivity index is 1.65. The van der Waals surface area contributed by atoms with Crippen LogP contribution in [0.3, 0.4) is 0 Å². The Morgan fingerprint density at radius 3 is 2.33 bits per heavy atom. The maximum atomic E-state index is 12.8. The Kier molecular flexibility index (Phi) is 5.48. The van der Waals surface area contributed by atoms with Gasteiger partial charge in [-0.3, -0.25) is 4.79 Å². The SMILES string of the molecule is CN(C)S(=O)(=O)N(CCN1CCCC1)C1CCN(C(=O)C2CC2)C1. The lowest BCUT2D eigenvalue weighted by Gasteiger charge is -2.32. The number of hydrogen-bond acceptors (Lipinski definition) is 4. The molecule has 0 aromatic carbocycles. The molecule has 2 aliphatic heterocycles. The molecule has 0 spiro atoms. The molecule has 24 heavy (non-hydrogen) atoms. The number of rotatable bonds is 7. The summed E-state index contributed by atoms with van der Waals surface area (Å²) >= 11 is 0. The van der Waals surface area contributed by atoms with Crippen LogP contribution < -0.4 is 0 Å². The monoisotopic (exact) mass is 358 g/mol. The fourth-order valence-electron chi connectivity index (χ4n) is 3.71. The van der Waals surface area contributed by atoms with Gasteiger partial charge in [0.05, 0.1) is 0 Å². The van der Waals surface area contributed by atoms with Crippen LogP contribution in [-0.2, 0) is 15.0 Å². The third-order valence-electron chi connectivity index (χ3n) is 5.40. The summed E-state index contributed by atoms with van der Waals surface area (Å²) in [7, 11) is -0.299. The highest BCUT2D eigenvalue weighted by Gasteiger charge is 2.41. The molecule has 7 nitrogen and oxygen atoms in total. The van der Waals surface area contributed by atoms with Gasteiger partial charge in [0, 0.05) is 52.2 Å². The van der Waals surface area contributed by atoms with Crippen molar-refractivity contribution in [3.05, 3.63) is 0 Å². The molecular weight excluding hydrogens is 328 g/mol. The van der Waals surface area contributed by atoms with E-state index in [1.807, 2.05) is 4.90 Å². The third kappa shape index (κ3) is 3.92. The topological polar surface area (TPSA) is 64.2 Å². The average molecular weight is 359 g/mol. The minimum absolute atomic E-state index is 0.0947. The lowest BCUT2D eigenvalue weighted by molar-refractivity contribution is -0.131. The molecule has 1 unspecified atom stereocenters. The van der Waals surface area contributed by atoms with Gasteiger partial charge in [0.1, 0.15) is 0 Å². The van der Waals surface area contributed by atoms with Gasteiger partial charge in [0.15, 0.2) is 0 Å². The van der Waals surface area contributed by atoms with Crippen molar-refractivity contribution in [1.29, 1.82) is 0 Å². The summed E-state index contributed by atoms with van der Waals surface area (Å²) in [4.78, 5) is 16.5. The second-order valence-corrected chi connectivity index (χ2v) is 9.55. The lowest BCUT2D eigenvalue weighted by Crippen LogP contribution is -2.50. The minimum atomic E-state index is -3.47. The molecule has 0 N–H and O–H groups in total. The van der Waals surface area contributed by atoms with Gasteiger partial charge in [-0.2, -0.15) is 17.0 Å². The van der Waals surface area contributed by atoms with E-state index >= 15 is 0 Å². The minimum Gasteiger partial charge on any atom is -0.341 e. The van der Waals surface area contributed by atoms with Crippen LogP contribution in [-0.4, -0.2) is 92.1 Å². The second-order valence-electron chi connectivity index (χ2n) is 7.45. The quantitative estimate of drug-likeness (QED) is 0.652. The number of likely N-dealkylation sites (tertiary alicyclic amines) is 2. The van der Waals surface area contributed by atoms with Gasteiger partial charge in [-0.25, -0.2) is 0 Å². The van der Waals surface area contributed by atoms with E-state index < -0.39 is 10.2 Å². The van der Waals surface area contributed by atoms with Crippen molar-refractivity contribution in [2.24, 2.45) is 5.92 Å². The highest BCUT2D eigenvalue weighted by molar-refractivity contribution is 7.86. The summed E-state index contributed by atoms with van der Waals surface area (Å²) in [5.74, 6) is 0.423. The lowest BCUT2D eigenvalue weighted by atomic mass is 10.2. The Bertz CT molecular complexity index is 556. The van der Waals surface area contributed by atoms with Crippen LogP contribution in [0.1, 0.15) is 32.1 Å². The first-order chi connectivity index (χ1) is 11.4. The van der Waals surface area contributed by atoms with E-state index in [-0.39, 0.29) is 17.9 Å². The van der Waals surface area contributed by atoms with Crippen molar-refractivity contribution in [3.63, 3.8) is 0 Å². The molecule has 2 heterocycles. The van der Waals surface area contributed by atoms with Gasteiger partial charge in [-0.15, -0.1) is 0 Å². The van der Waals surface area contributed by atoms with E-state index in [4.69, 9.17) is 0 Å². The van der Waals surface area contributed by atoms with Crippen LogP contribution in [0.15, 0.2) is 0 Å². The van der Waals surface area contributed by atoms with Gasteiger partial charge < -0.3 is 9.80 Å². The molecule has 3 fully saturated rings. The molecule has 138 valence electrons. The fourth-order valence-corrected chi connectivity index (χ4v) is 4.99. The molecule has 0 aromatic heterocycles. The third-order valence-corrected chi connectivity index (χ3v) is 7.40. The largest absolute Gasteiger partial charge is 0.341 e. The molecule has 3 rings (SSSR count). The van der Waals surface area contributed by atoms with Crippen molar-refractivity contribution in [2.75, 3.05) is 53.4 Å². The van der Waals surface area contributed by atoms with E-state index in [2.05, 4.69) is 4.90 Å². The maximum Gasteiger partial charge on any atom is 0.281 e. The predicted octanol–water partition coefficient (Wildman–Crippen LogP) is 0.202. The molecule has 0 bridgehead atoms. The molecule has 1 atom stereocenters. The Morgan fingerprint density at radius 1 is 1.08 bits per heavy atom. The number of carbonyl (C=O) groups is 1. The van der Waals surface area contributed by atoms with Crippen LogP contribution in [0.25, 0.3) is 0 Å². The van der Waals surface area contributed by atoms with Crippen LogP contribution in [0.5, 0.6) is 0 Å². The second kappa shape index (κ2) is 7.27. The summed E-state index contributed by atoms with van der Waals surface area (Å²) < 4.78 is 28.5. The summed E-state index contributed by atoms with van der Waals surface area (Å²) in [6, 6.07) is -0.0947. The zero-order chi connectivity index (χ0) is 17.3. The molecule has 3 aliphatic rings. The van der Waals surface area contributed by atoms with Gasteiger partial charge >= 0.3 is 0 Å². The van der Waals surface area contributed by atoms with Gasteiger partial charge in [-0.05, 0) is 45.2 Å². The number of amides is 1. The van der Waals surface area contributed by atoms with Crippen molar-refractivity contribution in [2.45, 2.75) is 38.1 Å². The molecule has 2 saturated heterocycles. The van der Waals surface area contributed by atoms with Gasteiger partial charge in [0.2, 0.25) is 5.91 Å². The Hall–Kier alpha value is -0.700. The molecule has 1 aliphatic carbocycles. The van der Waals surface area contributed by atoms with Gasteiger partial charge in [0.25, 0.3) is 10.2 Å². The summed E-state index contributed by atoms with van der Waals surface area (Å²) in [6.45, 7) is 4.64. The van der Waals surface area contributed by atoms with Crippen molar-refractivity contribution >= 4 is 16.1 Å². The van der Waals surface area contributed by atoms with Crippen LogP contribution in [0.2, 0.25) is 0 Å². The standard InChI is InChI=1S/C16H30N4O3S/c1-17(2)24(22,23)20(12-11-18-8-3-4-9-18)15-7-10-19(13-15)16(21)14-5-6-14/h14-15H,3-13H2,1-2H3. The maximum absolute atomic E-state index is 12.8. The zero-order valence-corrected chi connectivity index (χ0v) is 15.7. The Morgan fingerprint density at radius 2 is 1.75 bits per heavy atom.